The number of hydrogen-bond acceptors (Lipinski definition) is 5. The van der Waals surface area contributed by atoms with Gasteiger partial charge in [0, 0.05) is 55.5 Å². The maximum Gasteiger partial charge on any atom is 0.273 e. The Labute approximate surface area is 169 Å². The summed E-state index contributed by atoms with van der Waals surface area (Å²) in [7, 11) is 2.04. The Hall–Kier alpha value is -3.26. The molecule has 2 amide bonds. The summed E-state index contributed by atoms with van der Waals surface area (Å²) in [6.07, 6.45) is 0. The number of benzene rings is 2. The van der Waals surface area contributed by atoms with E-state index in [0.29, 0.717) is 11.1 Å². The fourth-order valence-corrected chi connectivity index (χ4v) is 3.19. The Morgan fingerprint density at radius 1 is 1.03 bits per heavy atom. The minimum Gasteiger partial charge on any atom is -0.348 e. The van der Waals surface area contributed by atoms with E-state index in [1.54, 1.807) is 43.3 Å². The highest BCUT2D eigenvalue weighted by Crippen LogP contribution is 2.19. The number of aryl methyl sites for hydroxylation is 1. The highest BCUT2D eigenvalue weighted by molar-refractivity contribution is 5.95. The molecule has 152 valence electrons. The van der Waals surface area contributed by atoms with E-state index in [0.717, 1.165) is 31.7 Å². The fraction of sp³-hybridized carbons (Fsp3) is 0.333. The second-order valence-electron chi connectivity index (χ2n) is 7.23. The van der Waals surface area contributed by atoms with Crippen LogP contribution < -0.4 is 5.32 Å². The molecule has 0 aliphatic carbocycles. The summed E-state index contributed by atoms with van der Waals surface area (Å²) < 4.78 is 0. The molecule has 0 aromatic heterocycles. The normalized spacial score (nSPS) is 14.5. The lowest BCUT2D eigenvalue weighted by Crippen LogP contribution is -2.47. The molecule has 0 bridgehead atoms. The Bertz CT molecular complexity index is 919. The van der Waals surface area contributed by atoms with Crippen LogP contribution in [0, 0.1) is 17.0 Å². The molecular formula is C21H24N4O4. The van der Waals surface area contributed by atoms with Gasteiger partial charge < -0.3 is 15.1 Å². The second kappa shape index (κ2) is 8.83. The van der Waals surface area contributed by atoms with Gasteiger partial charge in [-0.3, -0.25) is 19.7 Å². The van der Waals surface area contributed by atoms with Crippen LogP contribution in [0.3, 0.4) is 0 Å². The summed E-state index contributed by atoms with van der Waals surface area (Å²) in [5.41, 5.74) is 2.13. The Kier molecular flexibility index (Phi) is 6.23. The van der Waals surface area contributed by atoms with Gasteiger partial charge in [0.15, 0.2) is 0 Å². The van der Waals surface area contributed by atoms with E-state index in [1.807, 2.05) is 11.9 Å². The number of carbonyl (C=O) groups excluding carboxylic acids is 2. The van der Waals surface area contributed by atoms with Crippen LogP contribution in [0.5, 0.6) is 0 Å². The number of rotatable bonds is 5. The number of likely N-dealkylation sites (N-methyl/N-ethyl adjacent to an activating group) is 1. The quantitative estimate of drug-likeness (QED) is 0.618. The van der Waals surface area contributed by atoms with Gasteiger partial charge in [0.2, 0.25) is 0 Å². The van der Waals surface area contributed by atoms with Gasteiger partial charge in [0.25, 0.3) is 17.5 Å². The van der Waals surface area contributed by atoms with Gasteiger partial charge in [-0.15, -0.1) is 0 Å². The van der Waals surface area contributed by atoms with Gasteiger partial charge in [-0.25, -0.2) is 0 Å². The zero-order chi connectivity index (χ0) is 21.0. The van der Waals surface area contributed by atoms with Crippen molar-refractivity contribution in [2.45, 2.75) is 13.5 Å². The average molecular weight is 396 g/mol. The Balaban J connectivity index is 1.59. The predicted molar refractivity (Wildman–Crippen MR) is 109 cm³/mol. The lowest BCUT2D eigenvalue weighted by molar-refractivity contribution is -0.385. The highest BCUT2D eigenvalue weighted by Gasteiger charge is 2.20. The third-order valence-electron chi connectivity index (χ3n) is 5.11. The number of amides is 2. The van der Waals surface area contributed by atoms with Crippen LogP contribution in [0.15, 0.2) is 42.5 Å². The van der Waals surface area contributed by atoms with Crippen LogP contribution >= 0.6 is 0 Å². The van der Waals surface area contributed by atoms with E-state index in [9.17, 15) is 19.7 Å². The Morgan fingerprint density at radius 2 is 1.66 bits per heavy atom. The molecule has 0 unspecified atom stereocenters. The number of nitrogens with one attached hydrogen (secondary N) is 1. The van der Waals surface area contributed by atoms with Crippen LogP contribution in [0.4, 0.5) is 5.69 Å². The smallest absolute Gasteiger partial charge is 0.273 e. The molecule has 1 saturated heterocycles. The topological polar surface area (TPSA) is 95.8 Å². The van der Waals surface area contributed by atoms with E-state index in [-0.39, 0.29) is 29.6 Å². The predicted octanol–water partition coefficient (Wildman–Crippen LogP) is 2.22. The van der Waals surface area contributed by atoms with Crippen molar-refractivity contribution >= 4 is 17.5 Å². The van der Waals surface area contributed by atoms with E-state index in [2.05, 4.69) is 10.2 Å². The Morgan fingerprint density at radius 3 is 2.28 bits per heavy atom. The summed E-state index contributed by atoms with van der Waals surface area (Å²) in [4.78, 5) is 39.5. The minimum atomic E-state index is -0.498. The molecule has 1 aliphatic heterocycles. The van der Waals surface area contributed by atoms with Crippen molar-refractivity contribution in [3.63, 3.8) is 0 Å². The molecule has 1 fully saturated rings. The number of carbonyl (C=O) groups is 2. The molecule has 0 saturated carbocycles. The van der Waals surface area contributed by atoms with Crippen LogP contribution in [0.2, 0.25) is 0 Å². The zero-order valence-corrected chi connectivity index (χ0v) is 16.6. The van der Waals surface area contributed by atoms with E-state index in [1.165, 1.54) is 6.07 Å². The largest absolute Gasteiger partial charge is 0.348 e. The van der Waals surface area contributed by atoms with Crippen LogP contribution in [0.25, 0.3) is 0 Å². The summed E-state index contributed by atoms with van der Waals surface area (Å²) in [5, 5.41) is 13.8. The van der Waals surface area contributed by atoms with Crippen LogP contribution in [-0.2, 0) is 6.54 Å². The number of nitrogens with zero attached hydrogens (tertiary/aromatic N) is 3. The summed E-state index contributed by atoms with van der Waals surface area (Å²) in [5.74, 6) is -0.369. The molecule has 1 N–H and O–H groups in total. The first-order valence-electron chi connectivity index (χ1n) is 9.45. The zero-order valence-electron chi connectivity index (χ0n) is 16.6. The van der Waals surface area contributed by atoms with Crippen LogP contribution in [-0.4, -0.2) is 59.8 Å². The van der Waals surface area contributed by atoms with Gasteiger partial charge in [0.05, 0.1) is 4.92 Å². The van der Waals surface area contributed by atoms with Crippen LogP contribution in [0.1, 0.15) is 31.8 Å². The average Bonchev–Trinajstić information content (AvgIpc) is 2.72. The molecule has 0 radical (unpaired) electrons. The van der Waals surface area contributed by atoms with Gasteiger partial charge in [-0.2, -0.15) is 0 Å². The molecule has 29 heavy (non-hydrogen) atoms. The van der Waals surface area contributed by atoms with E-state index < -0.39 is 4.92 Å². The molecule has 8 heteroatoms. The monoisotopic (exact) mass is 396 g/mol. The molecule has 8 nitrogen and oxygen atoms in total. The van der Waals surface area contributed by atoms with Crippen molar-refractivity contribution in [1.29, 1.82) is 0 Å². The van der Waals surface area contributed by atoms with Crippen molar-refractivity contribution in [2.75, 3.05) is 33.2 Å². The number of nitro groups is 1. The van der Waals surface area contributed by atoms with Gasteiger partial charge in [-0.1, -0.05) is 18.2 Å². The molecule has 1 heterocycles. The third kappa shape index (κ3) is 4.97. The molecule has 3 rings (SSSR count). The molecule has 0 atom stereocenters. The summed E-state index contributed by atoms with van der Waals surface area (Å²) in [6.45, 7) is 5.07. The van der Waals surface area contributed by atoms with Crippen molar-refractivity contribution in [1.82, 2.24) is 15.1 Å². The number of piperazine rings is 1. The third-order valence-corrected chi connectivity index (χ3v) is 5.11. The first-order chi connectivity index (χ1) is 13.8. The molecule has 2 aromatic carbocycles. The second-order valence-corrected chi connectivity index (χ2v) is 7.23. The minimum absolute atomic E-state index is 0.0145. The maximum atomic E-state index is 12.6. The maximum absolute atomic E-state index is 12.6. The highest BCUT2D eigenvalue weighted by atomic mass is 16.6. The van der Waals surface area contributed by atoms with Crippen molar-refractivity contribution in [2.24, 2.45) is 0 Å². The SMILES string of the molecule is Cc1ccc(C(=O)NCc2ccc(C(=O)N3CCN(C)CC3)cc2)cc1[N+](=O)[O-]. The fourth-order valence-electron chi connectivity index (χ4n) is 3.19. The molecule has 2 aromatic rings. The summed E-state index contributed by atoms with van der Waals surface area (Å²) >= 11 is 0. The van der Waals surface area contributed by atoms with Gasteiger partial charge in [0.1, 0.15) is 0 Å². The number of hydrogen-bond donors (Lipinski definition) is 1. The lowest BCUT2D eigenvalue weighted by Gasteiger charge is -2.32. The first-order valence-corrected chi connectivity index (χ1v) is 9.45. The van der Waals surface area contributed by atoms with Crippen molar-refractivity contribution < 1.29 is 14.5 Å². The van der Waals surface area contributed by atoms with Gasteiger partial charge in [-0.05, 0) is 37.7 Å². The van der Waals surface area contributed by atoms with Crippen molar-refractivity contribution in [3.05, 3.63) is 74.8 Å². The molecule has 0 spiro atoms. The molecular weight excluding hydrogens is 372 g/mol. The molecule has 1 aliphatic rings. The summed E-state index contributed by atoms with van der Waals surface area (Å²) in [6, 6.07) is 11.5. The first kappa shape index (κ1) is 20.5. The van der Waals surface area contributed by atoms with Gasteiger partial charge >= 0.3 is 0 Å². The standard InChI is InChI=1S/C21H24N4O4/c1-15-3-6-18(13-19(15)25(28)29)20(26)22-14-16-4-7-17(8-5-16)21(27)24-11-9-23(2)10-12-24/h3-8,13H,9-12,14H2,1-2H3,(H,22,26). The van der Waals surface area contributed by atoms with Crippen molar-refractivity contribution in [3.8, 4) is 0 Å². The van der Waals surface area contributed by atoms with E-state index in [4.69, 9.17) is 0 Å². The van der Waals surface area contributed by atoms with E-state index >= 15 is 0 Å². The number of nitro benzene ring substituents is 1. The lowest BCUT2D eigenvalue weighted by atomic mass is 10.1.